The second kappa shape index (κ2) is 28.2. The van der Waals surface area contributed by atoms with Crippen molar-refractivity contribution >= 4 is 0 Å². The zero-order valence-electron chi connectivity index (χ0n) is 33.3. The molecule has 0 aliphatic carbocycles. The molecular formula is C46H70O8. The van der Waals surface area contributed by atoms with Crippen LogP contribution >= 0.6 is 0 Å². The first kappa shape index (κ1) is 45.1. The molecule has 2 atom stereocenters. The Morgan fingerprint density at radius 3 is 1.07 bits per heavy atom. The van der Waals surface area contributed by atoms with Crippen molar-refractivity contribution in [2.24, 2.45) is 0 Å². The van der Waals surface area contributed by atoms with Gasteiger partial charge in [-0.15, -0.1) is 0 Å². The summed E-state index contributed by atoms with van der Waals surface area (Å²) < 4.78 is 24.4. The highest BCUT2D eigenvalue weighted by molar-refractivity contribution is 5.81. The van der Waals surface area contributed by atoms with Crippen molar-refractivity contribution in [3.8, 4) is 45.3 Å². The van der Waals surface area contributed by atoms with Gasteiger partial charge in [0, 0.05) is 11.1 Å². The number of unbranched alkanes of at least 4 members (excludes halogenated alkanes) is 16. The van der Waals surface area contributed by atoms with E-state index in [1.54, 1.807) is 0 Å². The number of hydrogen-bond acceptors (Lipinski definition) is 8. The van der Waals surface area contributed by atoms with Gasteiger partial charge in [0.2, 0.25) is 0 Å². The molecule has 4 N–H and O–H groups in total. The zero-order valence-corrected chi connectivity index (χ0v) is 33.3. The Bertz CT molecular complexity index is 1360. The summed E-state index contributed by atoms with van der Waals surface area (Å²) in [4.78, 5) is 0. The van der Waals surface area contributed by atoms with Crippen LogP contribution in [0, 0.1) is 0 Å². The zero-order chi connectivity index (χ0) is 38.6. The lowest BCUT2D eigenvalue weighted by Gasteiger charge is -2.19. The summed E-state index contributed by atoms with van der Waals surface area (Å²) in [5.41, 5.74) is 3.75. The van der Waals surface area contributed by atoms with Gasteiger partial charge in [0.05, 0.1) is 26.4 Å². The number of ether oxygens (including phenoxy) is 4. The van der Waals surface area contributed by atoms with Gasteiger partial charge < -0.3 is 39.4 Å². The Labute approximate surface area is 325 Å². The number of rotatable bonds is 32. The predicted molar refractivity (Wildman–Crippen MR) is 220 cm³/mol. The molecule has 0 bridgehead atoms. The van der Waals surface area contributed by atoms with Crippen LogP contribution in [0.25, 0.3) is 22.3 Å². The monoisotopic (exact) mass is 751 g/mol. The van der Waals surface area contributed by atoms with Crippen LogP contribution in [-0.4, -0.2) is 72.3 Å². The minimum Gasteiger partial charge on any atom is -0.493 e. The van der Waals surface area contributed by atoms with E-state index in [-0.39, 0.29) is 26.4 Å². The molecule has 0 aliphatic heterocycles. The second-order valence-electron chi connectivity index (χ2n) is 14.5. The van der Waals surface area contributed by atoms with Crippen LogP contribution < -0.4 is 18.9 Å². The molecule has 2 unspecified atom stereocenters. The van der Waals surface area contributed by atoms with Crippen LogP contribution in [-0.2, 0) is 0 Å². The summed E-state index contributed by atoms with van der Waals surface area (Å²) in [6, 6.07) is 19.5. The number of aliphatic hydroxyl groups excluding tert-OH is 4. The van der Waals surface area contributed by atoms with Crippen molar-refractivity contribution in [3.05, 3.63) is 60.7 Å². The van der Waals surface area contributed by atoms with E-state index in [1.807, 2.05) is 48.5 Å². The van der Waals surface area contributed by atoms with E-state index in [9.17, 15) is 10.2 Å². The van der Waals surface area contributed by atoms with Crippen LogP contribution in [0.4, 0.5) is 0 Å². The normalized spacial score (nSPS) is 12.4. The predicted octanol–water partition coefficient (Wildman–Crippen LogP) is 10.3. The van der Waals surface area contributed by atoms with E-state index in [2.05, 4.69) is 26.0 Å². The van der Waals surface area contributed by atoms with Gasteiger partial charge in [-0.3, -0.25) is 0 Å². The maximum Gasteiger partial charge on any atom is 0.128 e. The van der Waals surface area contributed by atoms with E-state index in [0.29, 0.717) is 24.7 Å². The molecule has 8 nitrogen and oxygen atoms in total. The maximum atomic E-state index is 9.73. The Morgan fingerprint density at radius 2 is 0.741 bits per heavy atom. The smallest absolute Gasteiger partial charge is 0.128 e. The molecule has 0 amide bonds. The molecule has 0 saturated carbocycles. The van der Waals surface area contributed by atoms with Crippen LogP contribution in [0.5, 0.6) is 23.0 Å². The standard InChI is InChI=1S/C46H70O8/c1-3-5-7-9-10-11-12-13-14-15-16-17-18-20-30-52-46-32-43(37-21-25-41(26-22-37)53-35-39(49)33-47)45(51-29-19-8-6-4-2)31-44(46)38-23-27-42(28-24-38)54-36-40(50)34-48/h21-28,31-32,39-40,47-50H,3-20,29-30,33-36H2,1-2H3. The molecule has 3 aromatic carbocycles. The third-order valence-corrected chi connectivity index (χ3v) is 9.73. The molecule has 3 rings (SSSR count). The average molecular weight is 751 g/mol. The Hall–Kier alpha value is -3.30. The molecule has 0 saturated heterocycles. The van der Waals surface area contributed by atoms with Crippen molar-refractivity contribution in [1.82, 2.24) is 0 Å². The first-order valence-corrected chi connectivity index (χ1v) is 21.0. The number of benzene rings is 3. The van der Waals surface area contributed by atoms with Gasteiger partial charge in [0.15, 0.2) is 0 Å². The molecule has 3 aromatic rings. The Kier molecular flexibility index (Phi) is 23.5. The minimum absolute atomic E-state index is 0.0136. The maximum absolute atomic E-state index is 9.73. The van der Waals surface area contributed by atoms with Crippen molar-refractivity contribution in [3.63, 3.8) is 0 Å². The van der Waals surface area contributed by atoms with Crippen molar-refractivity contribution in [2.75, 3.05) is 39.6 Å². The van der Waals surface area contributed by atoms with Crippen molar-refractivity contribution in [1.29, 1.82) is 0 Å². The summed E-state index contributed by atoms with van der Waals surface area (Å²) in [7, 11) is 0. The van der Waals surface area contributed by atoms with Crippen molar-refractivity contribution in [2.45, 2.75) is 142 Å². The number of hydrogen-bond donors (Lipinski definition) is 4. The third kappa shape index (κ3) is 17.9. The van der Waals surface area contributed by atoms with E-state index in [0.717, 1.165) is 65.9 Å². The Balaban J connectivity index is 1.72. The fourth-order valence-electron chi connectivity index (χ4n) is 6.39. The molecule has 0 fully saturated rings. The topological polar surface area (TPSA) is 118 Å². The van der Waals surface area contributed by atoms with Gasteiger partial charge in [-0.05, 0) is 60.4 Å². The lowest BCUT2D eigenvalue weighted by molar-refractivity contribution is 0.0536. The quantitative estimate of drug-likeness (QED) is 0.0466. The van der Waals surface area contributed by atoms with Gasteiger partial charge in [-0.2, -0.15) is 0 Å². The molecule has 0 radical (unpaired) electrons. The molecule has 0 aromatic heterocycles. The van der Waals surface area contributed by atoms with E-state index >= 15 is 0 Å². The summed E-state index contributed by atoms with van der Waals surface area (Å²) in [5.74, 6) is 2.75. The minimum atomic E-state index is -0.933. The number of aliphatic hydroxyl groups is 4. The molecule has 0 aliphatic rings. The third-order valence-electron chi connectivity index (χ3n) is 9.73. The highest BCUT2D eigenvalue weighted by atomic mass is 16.5. The lowest BCUT2D eigenvalue weighted by atomic mass is 9.97. The first-order chi connectivity index (χ1) is 26.5. The van der Waals surface area contributed by atoms with Crippen molar-refractivity contribution < 1.29 is 39.4 Å². The lowest BCUT2D eigenvalue weighted by Crippen LogP contribution is -2.21. The largest absolute Gasteiger partial charge is 0.493 e. The van der Waals surface area contributed by atoms with Gasteiger partial charge >= 0.3 is 0 Å². The van der Waals surface area contributed by atoms with Gasteiger partial charge in [-0.25, -0.2) is 0 Å². The molecule has 0 spiro atoms. The van der Waals surface area contributed by atoms with Crippen LogP contribution in [0.3, 0.4) is 0 Å². The van der Waals surface area contributed by atoms with Gasteiger partial charge in [0.25, 0.3) is 0 Å². The van der Waals surface area contributed by atoms with Crippen LogP contribution in [0.2, 0.25) is 0 Å². The second-order valence-corrected chi connectivity index (χ2v) is 14.5. The summed E-state index contributed by atoms with van der Waals surface area (Å²) in [5, 5.41) is 37.8. The summed E-state index contributed by atoms with van der Waals surface area (Å²) in [6.07, 6.45) is 20.8. The fraction of sp³-hybridized carbons (Fsp3) is 0.609. The van der Waals surface area contributed by atoms with Gasteiger partial charge in [0.1, 0.15) is 48.4 Å². The molecule has 8 heteroatoms. The highest BCUT2D eigenvalue weighted by Crippen LogP contribution is 2.42. The SMILES string of the molecule is CCCCCCCCCCCCCCCCOc1cc(-c2ccc(OCC(O)CO)cc2)c(OCCCCCC)cc1-c1ccc(OCC(O)CO)cc1. The first-order valence-electron chi connectivity index (χ1n) is 21.0. The van der Waals surface area contributed by atoms with E-state index in [1.165, 1.54) is 83.5 Å². The van der Waals surface area contributed by atoms with Gasteiger partial charge in [-0.1, -0.05) is 141 Å². The van der Waals surface area contributed by atoms with Crippen LogP contribution in [0.1, 0.15) is 129 Å². The average Bonchev–Trinajstić information content (AvgIpc) is 3.20. The summed E-state index contributed by atoms with van der Waals surface area (Å²) >= 11 is 0. The molecule has 0 heterocycles. The molecule has 302 valence electrons. The van der Waals surface area contributed by atoms with E-state index < -0.39 is 12.2 Å². The summed E-state index contributed by atoms with van der Waals surface area (Å²) in [6.45, 7) is 5.01. The Morgan fingerprint density at radius 1 is 0.426 bits per heavy atom. The fourth-order valence-corrected chi connectivity index (χ4v) is 6.39. The molecular weight excluding hydrogens is 680 g/mol. The van der Waals surface area contributed by atoms with Crippen LogP contribution in [0.15, 0.2) is 60.7 Å². The van der Waals surface area contributed by atoms with E-state index in [4.69, 9.17) is 29.2 Å². The highest BCUT2D eigenvalue weighted by Gasteiger charge is 2.17. The molecule has 54 heavy (non-hydrogen) atoms.